The fourth-order valence-corrected chi connectivity index (χ4v) is 3.86. The van der Waals surface area contributed by atoms with Crippen LogP contribution in [0.2, 0.25) is 0 Å². The van der Waals surface area contributed by atoms with E-state index >= 15 is 0 Å². The molecule has 0 atom stereocenters. The molecule has 4 heterocycles. The standard InChI is InChI=1S/C25H24N4O/c1-27-13-7-11-23-25(27)26-24(30-23)19-20-12-18-29(22-10-4-3-9-21(20)22)17-8-16-28-14-5-2-6-15-28/h2-7,9-15,18-19H,8,16-17H2,1H3/q+2. The van der Waals surface area contributed by atoms with Crippen molar-refractivity contribution in [2.75, 3.05) is 11.4 Å². The van der Waals surface area contributed by atoms with Gasteiger partial charge in [0.25, 0.3) is 0 Å². The predicted octanol–water partition coefficient (Wildman–Crippen LogP) is 3.90. The van der Waals surface area contributed by atoms with Crippen LogP contribution in [-0.4, -0.2) is 11.5 Å². The number of oxazole rings is 1. The lowest BCUT2D eigenvalue weighted by Gasteiger charge is -2.27. The maximum atomic E-state index is 5.95. The third-order valence-corrected chi connectivity index (χ3v) is 5.37. The lowest BCUT2D eigenvalue weighted by molar-refractivity contribution is -0.697. The zero-order valence-electron chi connectivity index (χ0n) is 17.0. The summed E-state index contributed by atoms with van der Waals surface area (Å²) in [5, 5.41) is 0. The Morgan fingerprint density at radius 1 is 1.00 bits per heavy atom. The minimum Gasteiger partial charge on any atom is -0.411 e. The van der Waals surface area contributed by atoms with Gasteiger partial charge in [0.05, 0.1) is 13.2 Å². The Hall–Kier alpha value is -3.73. The van der Waals surface area contributed by atoms with E-state index in [9.17, 15) is 0 Å². The quantitative estimate of drug-likeness (QED) is 0.480. The van der Waals surface area contributed by atoms with E-state index in [-0.39, 0.29) is 0 Å². The van der Waals surface area contributed by atoms with E-state index in [0.717, 1.165) is 36.3 Å². The predicted molar refractivity (Wildman–Crippen MR) is 117 cm³/mol. The van der Waals surface area contributed by atoms with Gasteiger partial charge in [0, 0.05) is 53.6 Å². The third-order valence-electron chi connectivity index (χ3n) is 5.37. The first-order chi connectivity index (χ1) is 14.8. The number of allylic oxidation sites excluding steroid dienone is 2. The van der Waals surface area contributed by atoms with Crippen LogP contribution in [0.5, 0.6) is 0 Å². The van der Waals surface area contributed by atoms with Crippen molar-refractivity contribution in [2.24, 2.45) is 7.05 Å². The summed E-state index contributed by atoms with van der Waals surface area (Å²) >= 11 is 0. The summed E-state index contributed by atoms with van der Waals surface area (Å²) in [6, 6.07) is 18.6. The van der Waals surface area contributed by atoms with Crippen molar-refractivity contribution >= 4 is 28.6 Å². The summed E-state index contributed by atoms with van der Waals surface area (Å²) in [6.45, 7) is 1.96. The first-order valence-corrected chi connectivity index (χ1v) is 10.2. The lowest BCUT2D eigenvalue weighted by Crippen LogP contribution is -2.34. The Bertz CT molecular complexity index is 1240. The number of hydrogen-bond donors (Lipinski definition) is 0. The zero-order valence-corrected chi connectivity index (χ0v) is 17.0. The van der Waals surface area contributed by atoms with Gasteiger partial charge < -0.3 is 9.32 Å². The smallest absolute Gasteiger partial charge is 0.370 e. The van der Waals surface area contributed by atoms with Crippen LogP contribution in [-0.2, 0) is 13.6 Å². The van der Waals surface area contributed by atoms with Gasteiger partial charge in [-0.25, -0.2) is 9.13 Å². The highest BCUT2D eigenvalue weighted by Crippen LogP contribution is 2.34. The second-order valence-corrected chi connectivity index (χ2v) is 7.45. The normalized spacial score (nSPS) is 14.4. The SMILES string of the molecule is C[n+]1cccc2oc(/C=C3\C=CN(CCC[n+]4ccccc4)c4ccccc43)nc21. The van der Waals surface area contributed by atoms with Gasteiger partial charge >= 0.3 is 11.5 Å². The third kappa shape index (κ3) is 3.62. The second kappa shape index (κ2) is 7.95. The second-order valence-electron chi connectivity index (χ2n) is 7.45. The summed E-state index contributed by atoms with van der Waals surface area (Å²) in [6.07, 6.45) is 13.6. The molecule has 1 aliphatic heterocycles. The van der Waals surface area contributed by atoms with Gasteiger partial charge in [0.15, 0.2) is 12.4 Å². The number of pyridine rings is 2. The highest BCUT2D eigenvalue weighted by Gasteiger charge is 2.20. The van der Waals surface area contributed by atoms with Crippen molar-refractivity contribution in [3.8, 4) is 0 Å². The maximum absolute atomic E-state index is 5.95. The average Bonchev–Trinajstić information content (AvgIpc) is 3.20. The van der Waals surface area contributed by atoms with E-state index < -0.39 is 0 Å². The number of nitrogens with zero attached hydrogens (tertiary/aromatic N) is 4. The Morgan fingerprint density at radius 2 is 1.87 bits per heavy atom. The van der Waals surface area contributed by atoms with Crippen LogP contribution in [0.25, 0.3) is 22.9 Å². The average molecular weight is 396 g/mol. The molecular formula is C25H24N4O+2. The number of para-hydroxylation sites is 1. The Morgan fingerprint density at radius 3 is 2.73 bits per heavy atom. The van der Waals surface area contributed by atoms with Crippen molar-refractivity contribution in [1.82, 2.24) is 4.98 Å². The van der Waals surface area contributed by atoms with Crippen LogP contribution in [0.3, 0.4) is 0 Å². The molecule has 0 radical (unpaired) electrons. The minimum absolute atomic E-state index is 0.621. The van der Waals surface area contributed by atoms with Crippen LogP contribution in [0.1, 0.15) is 17.9 Å². The van der Waals surface area contributed by atoms with Gasteiger partial charge in [-0.3, -0.25) is 0 Å². The number of benzene rings is 1. The summed E-state index contributed by atoms with van der Waals surface area (Å²) < 4.78 is 10.1. The fraction of sp³-hybridized carbons (Fsp3) is 0.160. The summed E-state index contributed by atoms with van der Waals surface area (Å²) in [5.41, 5.74) is 5.15. The molecule has 3 aromatic heterocycles. The van der Waals surface area contributed by atoms with Gasteiger partial charge in [-0.05, 0) is 29.8 Å². The van der Waals surface area contributed by atoms with E-state index in [1.807, 2.05) is 42.1 Å². The fourth-order valence-electron chi connectivity index (χ4n) is 3.86. The van der Waals surface area contributed by atoms with Crippen LogP contribution in [0.4, 0.5) is 5.69 Å². The lowest BCUT2D eigenvalue weighted by atomic mass is 9.99. The largest absolute Gasteiger partial charge is 0.411 e. The maximum Gasteiger partial charge on any atom is 0.370 e. The van der Waals surface area contributed by atoms with Crippen LogP contribution >= 0.6 is 0 Å². The molecular weight excluding hydrogens is 372 g/mol. The molecule has 0 unspecified atom stereocenters. The molecule has 148 valence electrons. The molecule has 4 aromatic rings. The van der Waals surface area contributed by atoms with E-state index in [2.05, 4.69) is 75.5 Å². The number of hydrogen-bond acceptors (Lipinski definition) is 3. The van der Waals surface area contributed by atoms with Gasteiger partial charge in [0.1, 0.15) is 6.54 Å². The monoisotopic (exact) mass is 396 g/mol. The minimum atomic E-state index is 0.621. The van der Waals surface area contributed by atoms with Crippen LogP contribution < -0.4 is 14.0 Å². The van der Waals surface area contributed by atoms with E-state index in [1.165, 1.54) is 11.3 Å². The number of aryl methyl sites for hydroxylation is 2. The molecule has 0 amide bonds. The van der Waals surface area contributed by atoms with Crippen molar-refractivity contribution in [3.05, 3.63) is 96.9 Å². The Balaban J connectivity index is 1.39. The van der Waals surface area contributed by atoms with Gasteiger partial charge in [0.2, 0.25) is 5.58 Å². The number of aromatic nitrogens is 3. The van der Waals surface area contributed by atoms with Crippen LogP contribution in [0, 0.1) is 0 Å². The summed E-state index contributed by atoms with van der Waals surface area (Å²) in [4.78, 5) is 6.97. The van der Waals surface area contributed by atoms with Gasteiger partial charge in [-0.15, -0.1) is 0 Å². The molecule has 0 saturated heterocycles. The van der Waals surface area contributed by atoms with E-state index in [1.54, 1.807) is 0 Å². The molecule has 0 aliphatic carbocycles. The summed E-state index contributed by atoms with van der Waals surface area (Å²) in [5.74, 6) is 0.621. The highest BCUT2D eigenvalue weighted by atomic mass is 16.3. The topological polar surface area (TPSA) is 37.0 Å². The van der Waals surface area contributed by atoms with Gasteiger partial charge in [-0.2, -0.15) is 0 Å². The molecule has 5 heteroatoms. The van der Waals surface area contributed by atoms with Crippen LogP contribution in [0.15, 0.2) is 89.9 Å². The van der Waals surface area contributed by atoms with E-state index in [0.29, 0.717) is 5.89 Å². The van der Waals surface area contributed by atoms with Crippen molar-refractivity contribution in [2.45, 2.75) is 13.0 Å². The molecule has 0 spiro atoms. The zero-order chi connectivity index (χ0) is 20.3. The van der Waals surface area contributed by atoms with Crippen molar-refractivity contribution in [1.29, 1.82) is 0 Å². The molecule has 1 aliphatic rings. The number of rotatable bonds is 5. The molecule has 0 saturated carbocycles. The Kier molecular flexibility index (Phi) is 4.85. The molecule has 0 fully saturated rings. The van der Waals surface area contributed by atoms with Crippen molar-refractivity contribution in [3.63, 3.8) is 0 Å². The van der Waals surface area contributed by atoms with Crippen molar-refractivity contribution < 1.29 is 13.6 Å². The molecule has 30 heavy (non-hydrogen) atoms. The Labute approximate surface area is 175 Å². The summed E-state index contributed by atoms with van der Waals surface area (Å²) in [7, 11) is 1.98. The molecule has 0 N–H and O–H groups in total. The van der Waals surface area contributed by atoms with Gasteiger partial charge in [-0.1, -0.05) is 24.3 Å². The first kappa shape index (κ1) is 18.3. The molecule has 1 aromatic carbocycles. The molecule has 0 bridgehead atoms. The highest BCUT2D eigenvalue weighted by molar-refractivity contribution is 5.94. The molecule has 5 rings (SSSR count). The van der Waals surface area contributed by atoms with E-state index in [4.69, 9.17) is 4.42 Å². The first-order valence-electron chi connectivity index (χ1n) is 10.2. The molecule has 5 nitrogen and oxygen atoms in total. The number of fused-ring (bicyclic) bond motifs is 2. The number of anilines is 1.